The third kappa shape index (κ3) is 5.33. The minimum Gasteiger partial charge on any atom is -0.394 e. The summed E-state index contributed by atoms with van der Waals surface area (Å²) in [6, 6.07) is 8.05. The Balaban J connectivity index is 1.47. The third-order valence-electron chi connectivity index (χ3n) is 7.64. The molecular weight excluding hydrogens is 535 g/mol. The first-order valence-corrected chi connectivity index (χ1v) is 13.7. The zero-order valence-corrected chi connectivity index (χ0v) is 21.9. The third-order valence-corrected chi connectivity index (χ3v) is 9.27. The van der Waals surface area contributed by atoms with Gasteiger partial charge in [-0.3, -0.25) is 0 Å². The molecule has 1 unspecified atom stereocenters. The van der Waals surface area contributed by atoms with Crippen LogP contribution in [0.25, 0.3) is 11.3 Å². The summed E-state index contributed by atoms with van der Waals surface area (Å²) >= 11 is 1.22. The lowest BCUT2D eigenvalue weighted by atomic mass is 9.90. The van der Waals surface area contributed by atoms with Gasteiger partial charge in [-0.15, -0.1) is 16.9 Å². The lowest BCUT2D eigenvalue weighted by Gasteiger charge is -2.44. The number of aliphatic hydroxyl groups excluding tert-OH is 3. The molecule has 12 heteroatoms. The molecule has 1 aliphatic heterocycles. The van der Waals surface area contributed by atoms with Crippen LogP contribution in [0.1, 0.15) is 48.1 Å². The zero-order valence-electron chi connectivity index (χ0n) is 21.1. The average molecular weight is 566 g/mol. The minimum absolute atomic E-state index is 0.0125. The summed E-state index contributed by atoms with van der Waals surface area (Å²) in [6.45, 7) is 1.39. The summed E-state index contributed by atoms with van der Waals surface area (Å²) < 4.78 is 48.1. The number of hydrogen-bond acceptors (Lipinski definition) is 8. The summed E-state index contributed by atoms with van der Waals surface area (Å²) in [5.41, 5.74) is -0.261. The van der Waals surface area contributed by atoms with Crippen molar-refractivity contribution in [2.75, 3.05) is 6.61 Å². The fourth-order valence-corrected chi connectivity index (χ4v) is 7.20. The van der Waals surface area contributed by atoms with Gasteiger partial charge < -0.3 is 25.2 Å². The predicted molar refractivity (Wildman–Crippen MR) is 137 cm³/mol. The maximum absolute atomic E-state index is 13.8. The van der Waals surface area contributed by atoms with Crippen molar-refractivity contribution in [2.45, 2.75) is 73.2 Å². The number of thioether (sulfide) groups is 1. The largest absolute Gasteiger partial charge is 0.394 e. The monoisotopic (exact) mass is 565 g/mol. The van der Waals surface area contributed by atoms with E-state index in [1.807, 2.05) is 31.2 Å². The maximum atomic E-state index is 13.8. The highest BCUT2D eigenvalue weighted by Crippen LogP contribution is 2.51. The van der Waals surface area contributed by atoms with Gasteiger partial charge in [0.2, 0.25) is 0 Å². The van der Waals surface area contributed by atoms with Crippen molar-refractivity contribution in [1.82, 2.24) is 15.0 Å². The Kier molecular flexibility index (Phi) is 8.05. The highest BCUT2D eigenvalue weighted by molar-refractivity contribution is 8.00. The van der Waals surface area contributed by atoms with Gasteiger partial charge >= 0.3 is 0 Å². The van der Waals surface area contributed by atoms with Gasteiger partial charge in [0.15, 0.2) is 17.5 Å². The van der Waals surface area contributed by atoms with Crippen LogP contribution in [0.5, 0.6) is 0 Å². The standard InChI is InChI=1S/C27H30F3N3O5S/c1-14-6-2-3-7-16(14)25(27(37)8-4-5-9-27)39-26-24(36)22(23(35)20(13-34)38-26)33-12-19(31-32-33)15-10-17(28)21(30)18(29)11-15/h2-3,6-7,10-12,20,22-26,34-37H,4-5,8-9,13H2,1H3/t20-,22+,23+,24-,25?,26+/m1/s1. The summed E-state index contributed by atoms with van der Waals surface area (Å²) in [4.78, 5) is 0. The molecule has 210 valence electrons. The minimum atomic E-state index is -1.61. The number of aliphatic hydroxyl groups is 4. The van der Waals surface area contributed by atoms with Crippen LogP contribution in [0.15, 0.2) is 42.6 Å². The van der Waals surface area contributed by atoms with Crippen molar-refractivity contribution in [1.29, 1.82) is 0 Å². The van der Waals surface area contributed by atoms with Crippen LogP contribution in [-0.2, 0) is 4.74 Å². The molecule has 2 aromatic carbocycles. The Labute approximate surface area is 227 Å². The summed E-state index contributed by atoms with van der Waals surface area (Å²) in [5.74, 6) is -4.40. The molecule has 1 saturated carbocycles. The molecule has 0 amide bonds. The number of halogens is 3. The van der Waals surface area contributed by atoms with Gasteiger partial charge in [-0.25, -0.2) is 17.9 Å². The van der Waals surface area contributed by atoms with Crippen molar-refractivity contribution in [2.24, 2.45) is 0 Å². The molecule has 4 N–H and O–H groups in total. The van der Waals surface area contributed by atoms with E-state index in [0.717, 1.165) is 40.8 Å². The Bertz CT molecular complexity index is 1300. The van der Waals surface area contributed by atoms with Crippen molar-refractivity contribution >= 4 is 11.8 Å². The summed E-state index contributed by atoms with van der Waals surface area (Å²) in [5, 5.41) is 51.4. The van der Waals surface area contributed by atoms with E-state index in [1.54, 1.807) is 0 Å². The summed E-state index contributed by atoms with van der Waals surface area (Å²) in [7, 11) is 0. The quantitative estimate of drug-likeness (QED) is 0.322. The lowest BCUT2D eigenvalue weighted by molar-refractivity contribution is -0.179. The van der Waals surface area contributed by atoms with Crippen molar-refractivity contribution < 1.29 is 38.3 Å². The SMILES string of the molecule is Cc1ccccc1C(S[C@@H]1O[C@H](CO)[C@H](O)[C@H](n2cc(-c3cc(F)c(F)c(F)c3)nn2)[C@H]1O)C1(O)CCCC1. The molecule has 1 aromatic heterocycles. The molecule has 6 atom stereocenters. The molecule has 5 rings (SSSR count). The molecule has 3 aromatic rings. The van der Waals surface area contributed by atoms with Crippen LogP contribution >= 0.6 is 11.8 Å². The molecule has 0 radical (unpaired) electrons. The second kappa shape index (κ2) is 11.2. The molecule has 8 nitrogen and oxygen atoms in total. The normalized spacial score (nSPS) is 27.5. The number of nitrogens with zero attached hydrogens (tertiary/aromatic N) is 3. The molecular formula is C27H30F3N3O5S. The summed E-state index contributed by atoms with van der Waals surface area (Å²) in [6.07, 6.45) is 0.267. The Morgan fingerprint density at radius 2 is 1.77 bits per heavy atom. The first kappa shape index (κ1) is 28.1. The number of rotatable bonds is 7. The highest BCUT2D eigenvalue weighted by Gasteiger charge is 2.50. The molecule has 0 spiro atoms. The zero-order chi connectivity index (χ0) is 27.9. The van der Waals surface area contributed by atoms with Crippen molar-refractivity contribution in [3.8, 4) is 11.3 Å². The van der Waals surface area contributed by atoms with E-state index in [2.05, 4.69) is 10.3 Å². The number of ether oxygens (including phenoxy) is 1. The van der Waals surface area contributed by atoms with Crippen LogP contribution in [0, 0.1) is 24.4 Å². The maximum Gasteiger partial charge on any atom is 0.194 e. The number of benzene rings is 2. The van der Waals surface area contributed by atoms with E-state index in [1.165, 1.54) is 18.0 Å². The van der Waals surface area contributed by atoms with Gasteiger partial charge in [0.25, 0.3) is 0 Å². The van der Waals surface area contributed by atoms with Crippen LogP contribution in [0.2, 0.25) is 0 Å². The van der Waals surface area contributed by atoms with E-state index in [4.69, 9.17) is 4.74 Å². The van der Waals surface area contributed by atoms with Gasteiger partial charge in [0.1, 0.15) is 35.5 Å². The van der Waals surface area contributed by atoms with Gasteiger partial charge in [-0.1, -0.05) is 42.3 Å². The molecule has 39 heavy (non-hydrogen) atoms. The van der Waals surface area contributed by atoms with E-state index < -0.39 is 64.7 Å². The predicted octanol–water partition coefficient (Wildman–Crippen LogP) is 3.43. The number of hydrogen-bond donors (Lipinski definition) is 4. The second-order valence-corrected chi connectivity index (χ2v) is 11.4. The molecule has 1 aliphatic carbocycles. The fourth-order valence-electron chi connectivity index (χ4n) is 5.50. The van der Waals surface area contributed by atoms with E-state index in [9.17, 15) is 33.6 Å². The fraction of sp³-hybridized carbons (Fsp3) is 0.481. The van der Waals surface area contributed by atoms with E-state index >= 15 is 0 Å². The average Bonchev–Trinajstić information content (AvgIpc) is 3.57. The van der Waals surface area contributed by atoms with Crippen LogP contribution in [0.4, 0.5) is 13.2 Å². The van der Waals surface area contributed by atoms with Crippen LogP contribution in [0.3, 0.4) is 0 Å². The molecule has 0 bridgehead atoms. The van der Waals surface area contributed by atoms with Crippen LogP contribution < -0.4 is 0 Å². The Morgan fingerprint density at radius 3 is 2.41 bits per heavy atom. The molecule has 2 heterocycles. The van der Waals surface area contributed by atoms with Gasteiger partial charge in [0, 0.05) is 5.56 Å². The van der Waals surface area contributed by atoms with Crippen LogP contribution in [-0.4, -0.2) is 71.4 Å². The van der Waals surface area contributed by atoms with Gasteiger partial charge in [-0.05, 0) is 43.0 Å². The Morgan fingerprint density at radius 1 is 1.10 bits per heavy atom. The number of aromatic nitrogens is 3. The van der Waals surface area contributed by atoms with E-state index in [-0.39, 0.29) is 11.3 Å². The lowest BCUT2D eigenvalue weighted by Crippen LogP contribution is -2.55. The highest BCUT2D eigenvalue weighted by atomic mass is 32.2. The second-order valence-electron chi connectivity index (χ2n) is 10.2. The topological polar surface area (TPSA) is 121 Å². The Hall–Kier alpha value is -2.48. The van der Waals surface area contributed by atoms with Crippen molar-refractivity contribution in [3.63, 3.8) is 0 Å². The molecule has 2 fully saturated rings. The van der Waals surface area contributed by atoms with Gasteiger partial charge in [0.05, 0.1) is 23.7 Å². The smallest absolute Gasteiger partial charge is 0.194 e. The first-order chi connectivity index (χ1) is 18.6. The number of aryl methyl sites for hydroxylation is 1. The molecule has 2 aliphatic rings. The van der Waals surface area contributed by atoms with Gasteiger partial charge in [-0.2, -0.15) is 0 Å². The van der Waals surface area contributed by atoms with E-state index in [0.29, 0.717) is 12.8 Å². The van der Waals surface area contributed by atoms with Crippen molar-refractivity contribution in [3.05, 3.63) is 71.2 Å². The molecule has 1 saturated heterocycles. The first-order valence-electron chi connectivity index (χ1n) is 12.8.